The molecule has 0 bridgehead atoms. The predicted octanol–water partition coefficient (Wildman–Crippen LogP) is 8.65. The van der Waals surface area contributed by atoms with E-state index in [1.807, 2.05) is 54.6 Å². The molecule has 2 aliphatic heterocycles. The topological polar surface area (TPSA) is 221 Å². The molecule has 434 valence electrons. The molecule has 10 rings (SSSR count). The van der Waals surface area contributed by atoms with Crippen LogP contribution < -0.4 is 21.3 Å². The first-order chi connectivity index (χ1) is 40.4. The number of aromatic carboxylic acids is 1. The first kappa shape index (κ1) is 58.1. The number of carboxylic acid groups (broad SMARTS) is 1. The van der Waals surface area contributed by atoms with Crippen LogP contribution in [0.5, 0.6) is 0 Å². The Bertz CT molecular complexity index is 3010. The molecule has 5 aromatic carbocycles. The minimum absolute atomic E-state index is 0.0473. The lowest BCUT2D eigenvalue weighted by atomic mass is 9.94. The largest absolute Gasteiger partial charge is 0.478 e. The second-order valence-corrected chi connectivity index (χ2v) is 23.4. The molecule has 0 radical (unpaired) electrons. The van der Waals surface area contributed by atoms with E-state index in [2.05, 4.69) is 57.7 Å². The molecular formula is C67H76N6O10. The van der Waals surface area contributed by atoms with Gasteiger partial charge < -0.3 is 40.9 Å². The van der Waals surface area contributed by atoms with Crippen molar-refractivity contribution in [3.8, 4) is 0 Å². The number of carboxylic acids is 1. The maximum atomic E-state index is 14.3. The first-order valence-electron chi connectivity index (χ1n) is 29.9. The van der Waals surface area contributed by atoms with Crippen LogP contribution in [0, 0.1) is 23.7 Å². The number of nitrogens with one attached hydrogen (secondary N) is 4. The van der Waals surface area contributed by atoms with E-state index in [0.717, 1.165) is 100 Å². The SMILES string of the molecule is O=C(O)c1ccc(C(=O)OCCCCCCCCCCCCNC(=O)C2CN(C(=O)c3ccc(C(=O)N4CC(C(=O)N[C@@H]5C[C@@H]5c5ccccc5)C(C(=O)N[C@@H]5C[C@@H]5c5ccccc5)C4)cc3)CC2C(=O)N[C@@H]2C[C@@H]2c2ccccc2)cc1. The number of esters is 1. The van der Waals surface area contributed by atoms with Gasteiger partial charge in [0, 0.05) is 79.7 Å². The lowest BCUT2D eigenvalue weighted by Gasteiger charge is -2.18. The number of rotatable bonds is 27. The van der Waals surface area contributed by atoms with E-state index in [-0.39, 0.29) is 103 Å². The van der Waals surface area contributed by atoms with Crippen LogP contribution in [0.3, 0.4) is 0 Å². The summed E-state index contributed by atoms with van der Waals surface area (Å²) in [6, 6.07) is 42.0. The lowest BCUT2D eigenvalue weighted by Crippen LogP contribution is -2.43. The Morgan fingerprint density at radius 1 is 0.398 bits per heavy atom. The van der Waals surface area contributed by atoms with Gasteiger partial charge in [0.1, 0.15) is 0 Å². The van der Waals surface area contributed by atoms with Crippen LogP contribution in [0.2, 0.25) is 0 Å². The average Bonchev–Trinajstić information content (AvgIpc) is 4.44. The summed E-state index contributed by atoms with van der Waals surface area (Å²) < 4.78 is 5.34. The number of carbonyl (C=O) groups excluding carboxylic acids is 7. The van der Waals surface area contributed by atoms with Crippen LogP contribution in [-0.2, 0) is 23.9 Å². The molecule has 5 N–H and O–H groups in total. The number of nitrogens with zero attached hydrogens (tertiary/aromatic N) is 2. The van der Waals surface area contributed by atoms with E-state index in [0.29, 0.717) is 29.8 Å². The summed E-state index contributed by atoms with van der Waals surface area (Å²) in [4.78, 5) is 111. The molecule has 6 amide bonds. The van der Waals surface area contributed by atoms with Crippen molar-refractivity contribution in [1.29, 1.82) is 0 Å². The highest BCUT2D eigenvalue weighted by Gasteiger charge is 2.50. The van der Waals surface area contributed by atoms with Crippen LogP contribution in [0.4, 0.5) is 0 Å². The molecule has 3 saturated carbocycles. The standard InChI is InChI=1S/C67H76N6O10/c74-60(68-34-18-7-5-3-1-2-4-6-8-19-35-83-67(82)49-32-30-48(31-33-49)66(80)81)53-39-72(40-54(53)61(75)69-57-36-50(57)43-20-12-9-13-21-43)64(78)46-26-28-47(29-27-46)65(79)73-41-55(62(76)70-58-37-51(58)44-22-14-10-15-23-44)56(42-73)63(77)71-59-38-52(59)45-24-16-11-17-25-45/h9-17,20-33,50-59H,1-8,18-19,34-42H2,(H,68,74)(H,69,75)(H,70,76)(H,71,77)(H,80,81)/t50-,51-,52-,53?,54?,55?,56?,57-,58-,59-/m1/s1. The molecule has 0 spiro atoms. The molecular weight excluding hydrogens is 1050 g/mol. The summed E-state index contributed by atoms with van der Waals surface area (Å²) in [6.45, 7) is 1.04. The van der Waals surface area contributed by atoms with Crippen molar-refractivity contribution in [1.82, 2.24) is 31.1 Å². The van der Waals surface area contributed by atoms with Crippen LogP contribution in [0.15, 0.2) is 140 Å². The summed E-state index contributed by atoms with van der Waals surface area (Å²) in [5, 5.41) is 21.7. The summed E-state index contributed by atoms with van der Waals surface area (Å²) in [7, 11) is 0. The van der Waals surface area contributed by atoms with Gasteiger partial charge in [0.2, 0.25) is 23.6 Å². The zero-order chi connectivity index (χ0) is 57.8. The maximum absolute atomic E-state index is 14.3. The number of amides is 6. The molecule has 16 heteroatoms. The van der Waals surface area contributed by atoms with Gasteiger partial charge in [0.05, 0.1) is 41.4 Å². The lowest BCUT2D eigenvalue weighted by molar-refractivity contribution is -0.133. The van der Waals surface area contributed by atoms with E-state index in [1.54, 1.807) is 34.1 Å². The Balaban J connectivity index is 0.690. The fourth-order valence-corrected chi connectivity index (χ4v) is 12.2. The predicted molar refractivity (Wildman–Crippen MR) is 312 cm³/mol. The molecule has 10 atom stereocenters. The minimum atomic E-state index is -1.05. The van der Waals surface area contributed by atoms with E-state index in [4.69, 9.17) is 9.84 Å². The summed E-state index contributed by atoms with van der Waals surface area (Å²) in [6.07, 6.45) is 12.3. The number of benzene rings is 5. The van der Waals surface area contributed by atoms with E-state index >= 15 is 0 Å². The van der Waals surface area contributed by atoms with Crippen LogP contribution in [0.1, 0.15) is 159 Å². The Kier molecular flexibility index (Phi) is 19.1. The van der Waals surface area contributed by atoms with Crippen LogP contribution in [-0.4, -0.2) is 120 Å². The van der Waals surface area contributed by atoms with E-state index in [9.17, 15) is 38.4 Å². The quantitative estimate of drug-likeness (QED) is 0.0249. The van der Waals surface area contributed by atoms with Crippen molar-refractivity contribution < 1.29 is 48.2 Å². The normalized spacial score (nSPS) is 23.8. The van der Waals surface area contributed by atoms with Gasteiger partial charge in [-0.3, -0.25) is 28.8 Å². The summed E-state index contributed by atoms with van der Waals surface area (Å²) in [5.74, 6) is -5.62. The van der Waals surface area contributed by atoms with Crippen molar-refractivity contribution in [2.75, 3.05) is 39.3 Å². The number of hydrogen-bond donors (Lipinski definition) is 5. The highest BCUT2D eigenvalue weighted by Crippen LogP contribution is 2.44. The fraction of sp³-hybridized carbons (Fsp3) is 0.433. The van der Waals surface area contributed by atoms with Crippen molar-refractivity contribution in [3.05, 3.63) is 178 Å². The van der Waals surface area contributed by atoms with Crippen molar-refractivity contribution in [3.63, 3.8) is 0 Å². The zero-order valence-electron chi connectivity index (χ0n) is 47.0. The Morgan fingerprint density at radius 3 is 1.10 bits per heavy atom. The van der Waals surface area contributed by atoms with Gasteiger partial charge in [-0.05, 0) is 97.3 Å². The zero-order valence-corrected chi connectivity index (χ0v) is 47.0. The smallest absolute Gasteiger partial charge is 0.338 e. The van der Waals surface area contributed by atoms with E-state index in [1.165, 1.54) is 24.3 Å². The molecule has 5 aliphatic rings. The van der Waals surface area contributed by atoms with Crippen molar-refractivity contribution >= 4 is 47.4 Å². The molecule has 5 fully saturated rings. The number of carbonyl (C=O) groups is 8. The molecule has 4 unspecified atom stereocenters. The number of unbranched alkanes of at least 4 members (excludes halogenated alkanes) is 9. The van der Waals surface area contributed by atoms with Crippen LogP contribution in [0.25, 0.3) is 0 Å². The number of hydrogen-bond acceptors (Lipinski definition) is 9. The van der Waals surface area contributed by atoms with Gasteiger partial charge in [0.25, 0.3) is 11.8 Å². The third-order valence-electron chi connectivity index (χ3n) is 17.4. The molecule has 0 aromatic heterocycles. The van der Waals surface area contributed by atoms with Gasteiger partial charge in [0.15, 0.2) is 0 Å². The fourth-order valence-electron chi connectivity index (χ4n) is 12.2. The number of ether oxygens (including phenoxy) is 1. The van der Waals surface area contributed by atoms with Gasteiger partial charge in [-0.25, -0.2) is 9.59 Å². The Labute approximate surface area is 485 Å². The van der Waals surface area contributed by atoms with E-state index < -0.39 is 35.6 Å². The summed E-state index contributed by atoms with van der Waals surface area (Å²) >= 11 is 0. The van der Waals surface area contributed by atoms with Gasteiger partial charge >= 0.3 is 11.9 Å². The van der Waals surface area contributed by atoms with Gasteiger partial charge in [-0.15, -0.1) is 0 Å². The highest BCUT2D eigenvalue weighted by atomic mass is 16.5. The third-order valence-corrected chi connectivity index (χ3v) is 17.4. The molecule has 83 heavy (non-hydrogen) atoms. The Morgan fingerprint density at radius 2 is 0.723 bits per heavy atom. The minimum Gasteiger partial charge on any atom is -0.478 e. The molecule has 3 aliphatic carbocycles. The second kappa shape index (κ2) is 27.3. The summed E-state index contributed by atoms with van der Waals surface area (Å²) in [5.41, 5.74) is 4.52. The first-order valence-corrected chi connectivity index (χ1v) is 29.9. The van der Waals surface area contributed by atoms with Gasteiger partial charge in [-0.1, -0.05) is 142 Å². The molecule has 5 aromatic rings. The van der Waals surface area contributed by atoms with Gasteiger partial charge in [-0.2, -0.15) is 0 Å². The molecule has 2 saturated heterocycles. The third kappa shape index (κ3) is 15.1. The van der Waals surface area contributed by atoms with Crippen molar-refractivity contribution in [2.24, 2.45) is 23.7 Å². The highest BCUT2D eigenvalue weighted by molar-refractivity contribution is 6.00. The molecule has 16 nitrogen and oxygen atoms in total. The van der Waals surface area contributed by atoms with Crippen LogP contribution >= 0.6 is 0 Å². The molecule has 2 heterocycles. The van der Waals surface area contributed by atoms with Crippen molar-refractivity contribution in [2.45, 2.75) is 119 Å². The number of likely N-dealkylation sites (tertiary alicyclic amines) is 2. The average molecular weight is 1130 g/mol. The second-order valence-electron chi connectivity index (χ2n) is 23.4. The maximum Gasteiger partial charge on any atom is 0.338 e. The Hall–Kier alpha value is -8.14. The monoisotopic (exact) mass is 1120 g/mol.